The van der Waals surface area contributed by atoms with Crippen LogP contribution in [-0.4, -0.2) is 11.0 Å². The molecule has 2 aromatic rings. The van der Waals surface area contributed by atoms with Gasteiger partial charge in [0.15, 0.2) is 5.78 Å². The van der Waals surface area contributed by atoms with Gasteiger partial charge in [-0.3, -0.25) is 4.79 Å². The average Bonchev–Trinajstić information content (AvgIpc) is 2.43. The predicted octanol–water partition coefficient (Wildman–Crippen LogP) is 4.81. The zero-order valence-electron chi connectivity index (χ0n) is 11.8. The molecule has 0 aliphatic carbocycles. The second kappa shape index (κ2) is 6.23. The van der Waals surface area contributed by atoms with Crippen molar-refractivity contribution < 1.29 is 9.18 Å². The SMILES string of the molecule is Cc1ccc(SC(C)C(=O)c2ccc(F)cc2)cc1C. The lowest BCUT2D eigenvalue weighted by Gasteiger charge is -2.11. The molecule has 0 aromatic heterocycles. The van der Waals surface area contributed by atoms with Crippen LogP contribution in [0.3, 0.4) is 0 Å². The van der Waals surface area contributed by atoms with Gasteiger partial charge in [0.2, 0.25) is 0 Å². The van der Waals surface area contributed by atoms with Crippen molar-refractivity contribution in [1.29, 1.82) is 0 Å². The monoisotopic (exact) mass is 288 g/mol. The number of carbonyl (C=O) groups is 1. The van der Waals surface area contributed by atoms with E-state index in [4.69, 9.17) is 0 Å². The molecule has 2 rings (SSSR count). The first-order valence-corrected chi connectivity index (χ1v) is 7.39. The van der Waals surface area contributed by atoms with Crippen LogP contribution >= 0.6 is 11.8 Å². The van der Waals surface area contributed by atoms with Crippen LogP contribution in [0.5, 0.6) is 0 Å². The van der Waals surface area contributed by atoms with E-state index >= 15 is 0 Å². The van der Waals surface area contributed by atoms with Crippen molar-refractivity contribution in [2.45, 2.75) is 30.9 Å². The minimum absolute atomic E-state index is 0.0215. The number of thioether (sulfide) groups is 1. The molecule has 0 spiro atoms. The average molecular weight is 288 g/mol. The molecule has 104 valence electrons. The van der Waals surface area contributed by atoms with Gasteiger partial charge in [0, 0.05) is 10.5 Å². The van der Waals surface area contributed by atoms with Gasteiger partial charge in [0.25, 0.3) is 0 Å². The fraction of sp³-hybridized carbons (Fsp3) is 0.235. The first-order valence-electron chi connectivity index (χ1n) is 6.51. The molecular formula is C17H17FOS. The summed E-state index contributed by atoms with van der Waals surface area (Å²) >= 11 is 1.53. The molecule has 1 nitrogen and oxygen atoms in total. The lowest BCUT2D eigenvalue weighted by molar-refractivity contribution is 0.0994. The largest absolute Gasteiger partial charge is 0.293 e. The molecule has 0 heterocycles. The van der Waals surface area contributed by atoms with Crippen LogP contribution in [0.1, 0.15) is 28.4 Å². The summed E-state index contributed by atoms with van der Waals surface area (Å²) in [6, 6.07) is 11.9. The minimum atomic E-state index is -0.323. The third-order valence-corrected chi connectivity index (χ3v) is 4.38. The van der Waals surface area contributed by atoms with E-state index in [1.807, 2.05) is 13.0 Å². The van der Waals surface area contributed by atoms with E-state index in [-0.39, 0.29) is 16.9 Å². The zero-order valence-corrected chi connectivity index (χ0v) is 12.6. The van der Waals surface area contributed by atoms with Crippen LogP contribution in [-0.2, 0) is 0 Å². The van der Waals surface area contributed by atoms with E-state index in [2.05, 4.69) is 26.0 Å². The first kappa shape index (κ1) is 14.8. The summed E-state index contributed by atoms with van der Waals surface area (Å²) in [5.41, 5.74) is 3.01. The Hall–Kier alpha value is -1.61. The van der Waals surface area contributed by atoms with Crippen molar-refractivity contribution in [3.63, 3.8) is 0 Å². The molecule has 0 amide bonds. The summed E-state index contributed by atoms with van der Waals surface area (Å²) in [6.07, 6.45) is 0. The van der Waals surface area contributed by atoms with Crippen molar-refractivity contribution in [3.05, 3.63) is 65.0 Å². The number of benzene rings is 2. The van der Waals surface area contributed by atoms with E-state index in [0.29, 0.717) is 5.56 Å². The molecule has 0 aliphatic rings. The number of halogens is 1. The molecule has 1 atom stereocenters. The number of ketones is 1. The van der Waals surface area contributed by atoms with E-state index in [1.54, 1.807) is 0 Å². The Kier molecular flexibility index (Phi) is 4.61. The summed E-state index contributed by atoms with van der Waals surface area (Å²) < 4.78 is 12.9. The maximum Gasteiger partial charge on any atom is 0.175 e. The maximum absolute atomic E-state index is 12.9. The summed E-state index contributed by atoms with van der Waals surface area (Å²) in [5.74, 6) is -0.302. The lowest BCUT2D eigenvalue weighted by atomic mass is 10.1. The standard InChI is InChI=1S/C17H17FOS/c1-11-4-9-16(10-12(11)2)20-13(3)17(19)14-5-7-15(18)8-6-14/h4-10,13H,1-3H3. The molecule has 0 aliphatic heterocycles. The predicted molar refractivity (Wildman–Crippen MR) is 82.0 cm³/mol. The maximum atomic E-state index is 12.9. The molecule has 0 saturated carbocycles. The van der Waals surface area contributed by atoms with E-state index in [1.165, 1.54) is 47.2 Å². The number of carbonyl (C=O) groups excluding carboxylic acids is 1. The van der Waals surface area contributed by atoms with Gasteiger partial charge in [0.05, 0.1) is 5.25 Å². The highest BCUT2D eigenvalue weighted by Crippen LogP contribution is 2.27. The van der Waals surface area contributed by atoms with Crippen molar-refractivity contribution in [2.24, 2.45) is 0 Å². The molecule has 20 heavy (non-hydrogen) atoms. The molecule has 2 aromatic carbocycles. The number of rotatable bonds is 4. The minimum Gasteiger partial charge on any atom is -0.293 e. The molecule has 3 heteroatoms. The van der Waals surface area contributed by atoms with Gasteiger partial charge in [-0.15, -0.1) is 11.8 Å². The highest BCUT2D eigenvalue weighted by Gasteiger charge is 2.16. The number of hydrogen-bond donors (Lipinski definition) is 0. The Labute approximate surface area is 123 Å². The molecule has 1 unspecified atom stereocenters. The fourth-order valence-corrected chi connectivity index (χ4v) is 2.94. The quantitative estimate of drug-likeness (QED) is 0.593. The topological polar surface area (TPSA) is 17.1 Å². The first-order chi connectivity index (χ1) is 9.47. The van der Waals surface area contributed by atoms with Crippen molar-refractivity contribution in [1.82, 2.24) is 0 Å². The van der Waals surface area contributed by atoms with Gasteiger partial charge in [0.1, 0.15) is 5.82 Å². The van der Waals surface area contributed by atoms with Gasteiger partial charge < -0.3 is 0 Å². The van der Waals surface area contributed by atoms with Crippen molar-refractivity contribution in [3.8, 4) is 0 Å². The van der Waals surface area contributed by atoms with Gasteiger partial charge >= 0.3 is 0 Å². The third kappa shape index (κ3) is 3.48. The highest BCUT2D eigenvalue weighted by atomic mass is 32.2. The van der Waals surface area contributed by atoms with E-state index in [0.717, 1.165) is 4.90 Å². The molecule has 0 radical (unpaired) electrons. The van der Waals surface area contributed by atoms with Crippen LogP contribution in [0.15, 0.2) is 47.4 Å². The van der Waals surface area contributed by atoms with Gasteiger partial charge in [-0.1, -0.05) is 6.07 Å². The van der Waals surface area contributed by atoms with Crippen molar-refractivity contribution >= 4 is 17.5 Å². The van der Waals surface area contributed by atoms with Crippen LogP contribution in [0.2, 0.25) is 0 Å². The third-order valence-electron chi connectivity index (χ3n) is 3.29. The van der Waals surface area contributed by atoms with Crippen LogP contribution in [0, 0.1) is 19.7 Å². The molecular weight excluding hydrogens is 271 g/mol. The van der Waals surface area contributed by atoms with Gasteiger partial charge in [-0.05, 0) is 68.3 Å². The lowest BCUT2D eigenvalue weighted by Crippen LogP contribution is -2.13. The van der Waals surface area contributed by atoms with E-state index in [9.17, 15) is 9.18 Å². The molecule has 0 N–H and O–H groups in total. The second-order valence-electron chi connectivity index (χ2n) is 4.88. The normalized spacial score (nSPS) is 12.2. The number of Topliss-reactive ketones (excluding diaryl/α,β-unsaturated/α-hetero) is 1. The van der Waals surface area contributed by atoms with E-state index < -0.39 is 0 Å². The molecule has 0 bridgehead atoms. The Morgan fingerprint density at radius 1 is 1.05 bits per heavy atom. The Balaban J connectivity index is 2.11. The van der Waals surface area contributed by atoms with Gasteiger partial charge in [-0.25, -0.2) is 4.39 Å². The Morgan fingerprint density at radius 3 is 2.30 bits per heavy atom. The summed E-state index contributed by atoms with van der Waals surface area (Å²) in [4.78, 5) is 13.3. The number of aryl methyl sites for hydroxylation is 2. The van der Waals surface area contributed by atoms with Crippen LogP contribution in [0.25, 0.3) is 0 Å². The fourth-order valence-electron chi connectivity index (χ4n) is 1.89. The summed E-state index contributed by atoms with van der Waals surface area (Å²) in [6.45, 7) is 6.01. The Morgan fingerprint density at radius 2 is 1.70 bits per heavy atom. The van der Waals surface area contributed by atoms with Gasteiger partial charge in [-0.2, -0.15) is 0 Å². The summed E-state index contributed by atoms with van der Waals surface area (Å²) in [7, 11) is 0. The highest BCUT2D eigenvalue weighted by molar-refractivity contribution is 8.00. The van der Waals surface area contributed by atoms with Crippen LogP contribution in [0.4, 0.5) is 4.39 Å². The summed E-state index contributed by atoms with van der Waals surface area (Å²) in [5, 5.41) is -0.192. The second-order valence-corrected chi connectivity index (χ2v) is 6.29. The van der Waals surface area contributed by atoms with Crippen LogP contribution < -0.4 is 0 Å². The smallest absolute Gasteiger partial charge is 0.175 e. The Bertz CT molecular complexity index is 619. The molecule has 0 fully saturated rings. The molecule has 0 saturated heterocycles. The zero-order chi connectivity index (χ0) is 14.7. The van der Waals surface area contributed by atoms with Crippen molar-refractivity contribution in [2.75, 3.05) is 0 Å². The number of hydrogen-bond acceptors (Lipinski definition) is 2.